The van der Waals surface area contributed by atoms with Crippen molar-refractivity contribution in [2.24, 2.45) is 0 Å². The summed E-state index contributed by atoms with van der Waals surface area (Å²) in [5.74, 6) is -2.49. The Morgan fingerprint density at radius 3 is 1.29 bits per heavy atom. The van der Waals surface area contributed by atoms with Crippen LogP contribution in [0.2, 0.25) is 0 Å². The zero-order valence-electron chi connectivity index (χ0n) is 8.79. The van der Waals surface area contributed by atoms with Crippen LogP contribution in [0.25, 0.3) is 0 Å². The first kappa shape index (κ1) is 15.3. The molecule has 96 valence electrons. The number of hydrogen-bond acceptors (Lipinski definition) is 8. The molecule has 0 aliphatic rings. The van der Waals surface area contributed by atoms with Crippen LogP contribution in [-0.2, 0) is 39.6 Å². The average Bonchev–Trinajstić information content (AvgIpc) is 2.27. The number of esters is 2. The summed E-state index contributed by atoms with van der Waals surface area (Å²) in [6.45, 7) is 0. The molecule has 0 heterocycles. The third-order valence-corrected chi connectivity index (χ3v) is 2.98. The van der Waals surface area contributed by atoms with Crippen LogP contribution in [0.4, 0.5) is 0 Å². The monoisotopic (exact) mass is 284 g/mol. The van der Waals surface area contributed by atoms with Crippen molar-refractivity contribution in [3.63, 3.8) is 0 Å². The highest BCUT2D eigenvalue weighted by Gasteiger charge is 2.23. The van der Waals surface area contributed by atoms with Gasteiger partial charge in [0.25, 0.3) is 0 Å². The molecule has 0 bridgehead atoms. The summed E-state index contributed by atoms with van der Waals surface area (Å²) >= 11 is 0. The normalized spacial score (nSPS) is 9.06. The molecule has 17 heavy (non-hydrogen) atoms. The van der Waals surface area contributed by atoms with Gasteiger partial charge in [0, 0.05) is 6.42 Å². The Balaban J connectivity index is 5.59. The molecule has 0 spiro atoms. The summed E-state index contributed by atoms with van der Waals surface area (Å²) in [4.78, 5) is 20.3. The van der Waals surface area contributed by atoms with Crippen molar-refractivity contribution >= 4 is 42.3 Å². The fourth-order valence-electron chi connectivity index (χ4n) is 0.772. The van der Waals surface area contributed by atoms with E-state index in [4.69, 9.17) is 0 Å². The van der Waals surface area contributed by atoms with Crippen molar-refractivity contribution in [2.75, 3.05) is 14.2 Å². The van der Waals surface area contributed by atoms with Gasteiger partial charge in [-0.3, -0.25) is 0 Å². The number of methoxy groups -OCH3 is 2. The van der Waals surface area contributed by atoms with Gasteiger partial charge in [-0.1, -0.05) is 0 Å². The van der Waals surface area contributed by atoms with E-state index in [9.17, 15) is 26.4 Å². The molecule has 0 unspecified atom stereocenters. The molecule has 0 aromatic carbocycles. The van der Waals surface area contributed by atoms with Crippen LogP contribution < -0.4 is 0 Å². The molecule has 0 radical (unpaired) electrons. The number of carbonyl (C=O) groups is 2. The minimum absolute atomic E-state index is 0.878. The molecule has 0 aromatic heterocycles. The fraction of sp³-hybridized carbons (Fsp3) is 0.429. The van der Waals surface area contributed by atoms with Crippen LogP contribution >= 0.6 is 0 Å². The Bertz CT molecular complexity index is 522. The zero-order chi connectivity index (χ0) is 13.6. The van der Waals surface area contributed by atoms with Gasteiger partial charge in [0.1, 0.15) is 0 Å². The molecule has 0 aliphatic heterocycles. The van der Waals surface area contributed by atoms with E-state index < -0.39 is 48.7 Å². The minimum Gasteiger partial charge on any atom is -0.465 e. The fourth-order valence-corrected chi connectivity index (χ4v) is 1.83. The Hall–Kier alpha value is -1.68. The van der Waals surface area contributed by atoms with Gasteiger partial charge < -0.3 is 9.47 Å². The van der Waals surface area contributed by atoms with Gasteiger partial charge in [-0.2, -0.15) is 16.8 Å². The predicted molar refractivity (Wildman–Crippen MR) is 56.5 cm³/mol. The summed E-state index contributed by atoms with van der Waals surface area (Å²) in [5, 5.41) is 0. The Morgan fingerprint density at radius 1 is 0.824 bits per heavy atom. The molecule has 0 aliphatic carbocycles. The van der Waals surface area contributed by atoms with E-state index in [0.29, 0.717) is 0 Å². The SMILES string of the molecule is COC(=O)C(CC(C(=O)OC)=S(=O)=O)=S(=O)=O. The first-order valence-electron chi connectivity index (χ1n) is 3.92. The molecule has 0 amide bonds. The molecule has 0 rings (SSSR count). The van der Waals surface area contributed by atoms with Gasteiger partial charge in [0.05, 0.1) is 14.2 Å². The Labute approximate surface area is 99.2 Å². The number of rotatable bonds is 4. The van der Waals surface area contributed by atoms with Crippen LogP contribution in [0.15, 0.2) is 0 Å². The lowest BCUT2D eigenvalue weighted by Gasteiger charge is -2.00. The highest BCUT2D eigenvalue weighted by Crippen LogP contribution is 1.94. The molecule has 0 saturated carbocycles. The Kier molecular flexibility index (Phi) is 6.13. The second-order valence-electron chi connectivity index (χ2n) is 2.48. The molecule has 0 saturated heterocycles. The summed E-state index contributed by atoms with van der Waals surface area (Å²) < 4.78 is 50.9. The third kappa shape index (κ3) is 4.36. The maximum absolute atomic E-state index is 11.0. The quantitative estimate of drug-likeness (QED) is 0.422. The third-order valence-electron chi connectivity index (χ3n) is 1.55. The summed E-state index contributed by atoms with van der Waals surface area (Å²) in [6, 6.07) is 0. The van der Waals surface area contributed by atoms with E-state index in [-0.39, 0.29) is 0 Å². The predicted octanol–water partition coefficient (Wildman–Crippen LogP) is -2.17. The van der Waals surface area contributed by atoms with Crippen molar-refractivity contribution in [1.82, 2.24) is 0 Å². The second kappa shape index (κ2) is 6.81. The van der Waals surface area contributed by atoms with Crippen LogP contribution in [0.1, 0.15) is 6.42 Å². The largest absolute Gasteiger partial charge is 0.465 e. The lowest BCUT2D eigenvalue weighted by atomic mass is 10.2. The first-order chi connectivity index (χ1) is 7.84. The number of ether oxygens (including phenoxy) is 2. The molecular weight excluding hydrogens is 276 g/mol. The van der Waals surface area contributed by atoms with E-state index >= 15 is 0 Å². The second-order valence-corrected chi connectivity index (χ2v) is 4.40. The topological polar surface area (TPSA) is 121 Å². The molecule has 0 fully saturated rings. The minimum atomic E-state index is -3.00. The molecular formula is C7H8O8S2. The van der Waals surface area contributed by atoms with Gasteiger partial charge >= 0.3 is 11.9 Å². The van der Waals surface area contributed by atoms with Crippen LogP contribution in [0.3, 0.4) is 0 Å². The molecule has 0 aromatic rings. The highest BCUT2D eigenvalue weighted by molar-refractivity contribution is 7.76. The lowest BCUT2D eigenvalue weighted by molar-refractivity contribution is -0.132. The Morgan fingerprint density at radius 2 is 1.12 bits per heavy atom. The van der Waals surface area contributed by atoms with E-state index in [1.165, 1.54) is 0 Å². The average molecular weight is 284 g/mol. The van der Waals surface area contributed by atoms with Crippen LogP contribution in [0, 0.1) is 0 Å². The van der Waals surface area contributed by atoms with Crippen LogP contribution in [0.5, 0.6) is 0 Å². The first-order valence-corrected chi connectivity index (χ1v) is 6.06. The summed E-state index contributed by atoms with van der Waals surface area (Å²) in [5.41, 5.74) is 0. The smallest absolute Gasteiger partial charge is 0.349 e. The molecule has 0 atom stereocenters. The van der Waals surface area contributed by atoms with Gasteiger partial charge in [-0.25, -0.2) is 9.59 Å². The van der Waals surface area contributed by atoms with Gasteiger partial charge in [0.2, 0.25) is 20.6 Å². The van der Waals surface area contributed by atoms with Gasteiger partial charge in [0.15, 0.2) is 9.73 Å². The summed E-state index contributed by atoms with van der Waals surface area (Å²) in [7, 11) is -4.16. The van der Waals surface area contributed by atoms with Crippen LogP contribution in [-0.4, -0.2) is 52.7 Å². The number of hydrogen-bond donors (Lipinski definition) is 0. The molecule has 0 N–H and O–H groups in total. The maximum Gasteiger partial charge on any atom is 0.349 e. The van der Waals surface area contributed by atoms with Crippen molar-refractivity contribution in [3.05, 3.63) is 0 Å². The molecule has 8 nitrogen and oxygen atoms in total. The lowest BCUT2D eigenvalue weighted by Crippen LogP contribution is -2.26. The van der Waals surface area contributed by atoms with E-state index in [0.717, 1.165) is 14.2 Å². The van der Waals surface area contributed by atoms with Crippen molar-refractivity contribution in [1.29, 1.82) is 0 Å². The van der Waals surface area contributed by atoms with E-state index in [2.05, 4.69) is 9.47 Å². The van der Waals surface area contributed by atoms with Gasteiger partial charge in [-0.15, -0.1) is 0 Å². The summed E-state index contributed by atoms with van der Waals surface area (Å²) in [6.07, 6.45) is -0.911. The highest BCUT2D eigenvalue weighted by atomic mass is 32.2. The molecule has 10 heteroatoms. The number of carbonyl (C=O) groups excluding carboxylic acids is 2. The van der Waals surface area contributed by atoms with Crippen molar-refractivity contribution in [2.45, 2.75) is 6.42 Å². The zero-order valence-corrected chi connectivity index (χ0v) is 10.4. The van der Waals surface area contributed by atoms with Gasteiger partial charge in [-0.05, 0) is 0 Å². The van der Waals surface area contributed by atoms with E-state index in [1.54, 1.807) is 0 Å². The van der Waals surface area contributed by atoms with Crippen molar-refractivity contribution in [3.8, 4) is 0 Å². The van der Waals surface area contributed by atoms with E-state index in [1.807, 2.05) is 0 Å². The van der Waals surface area contributed by atoms with Crippen molar-refractivity contribution < 1.29 is 35.9 Å². The maximum atomic E-state index is 11.0. The standard InChI is InChI=1S/C7H8O8S2/c1-14-6(8)4(16(10)11)3-5(17(12)13)7(9)15-2/h3H2,1-2H3.